The van der Waals surface area contributed by atoms with E-state index in [0.29, 0.717) is 17.6 Å². The molecule has 1 aromatic heterocycles. The molecule has 0 atom stereocenters. The van der Waals surface area contributed by atoms with Gasteiger partial charge in [-0.05, 0) is 51.7 Å². The van der Waals surface area contributed by atoms with Crippen LogP contribution in [0, 0.1) is 0 Å². The predicted octanol–water partition coefficient (Wildman–Crippen LogP) is 1.03. The van der Waals surface area contributed by atoms with E-state index in [-0.39, 0.29) is 5.91 Å². The zero-order valence-corrected chi connectivity index (χ0v) is 11.3. The molecule has 6 heteroatoms. The number of H-pyrrole nitrogens is 1. The molecule has 2 rings (SSSR count). The second-order valence-corrected chi connectivity index (χ2v) is 4.79. The number of carbonyl (C=O) groups excluding carboxylic acids is 1. The van der Waals surface area contributed by atoms with Gasteiger partial charge in [-0.25, -0.2) is 0 Å². The van der Waals surface area contributed by atoms with Crippen LogP contribution in [0.5, 0.6) is 0 Å². The molecule has 2 aromatic rings. The fourth-order valence-electron chi connectivity index (χ4n) is 1.84. The number of benzene rings is 1. The minimum atomic E-state index is -0.0604. The number of amides is 1. The summed E-state index contributed by atoms with van der Waals surface area (Å²) in [6.07, 6.45) is 2.06. The summed E-state index contributed by atoms with van der Waals surface area (Å²) in [6.45, 7) is 1.74. The molecular formula is C13H19N5O. The molecule has 1 heterocycles. The third kappa shape index (κ3) is 3.75. The van der Waals surface area contributed by atoms with Crippen molar-refractivity contribution in [3.63, 3.8) is 0 Å². The molecule has 0 fully saturated rings. The Labute approximate surface area is 112 Å². The Morgan fingerprint density at radius 1 is 1.26 bits per heavy atom. The Morgan fingerprint density at radius 3 is 2.84 bits per heavy atom. The van der Waals surface area contributed by atoms with Crippen LogP contribution in [-0.2, 0) is 0 Å². The average molecular weight is 261 g/mol. The molecule has 0 aliphatic carbocycles. The molecule has 0 unspecified atom stereocenters. The lowest BCUT2D eigenvalue weighted by Crippen LogP contribution is -2.25. The minimum absolute atomic E-state index is 0.0604. The van der Waals surface area contributed by atoms with Crippen molar-refractivity contribution in [2.45, 2.75) is 12.8 Å². The Kier molecular flexibility index (Phi) is 4.46. The largest absolute Gasteiger partial charge is 0.352 e. The van der Waals surface area contributed by atoms with Gasteiger partial charge in [0.05, 0.1) is 0 Å². The van der Waals surface area contributed by atoms with Crippen LogP contribution in [0.1, 0.15) is 23.2 Å². The maximum Gasteiger partial charge on any atom is 0.251 e. The van der Waals surface area contributed by atoms with Crippen LogP contribution < -0.4 is 5.32 Å². The summed E-state index contributed by atoms with van der Waals surface area (Å²) in [7, 11) is 4.09. The van der Waals surface area contributed by atoms with Crippen LogP contribution in [-0.4, -0.2) is 53.4 Å². The van der Waals surface area contributed by atoms with Gasteiger partial charge in [0.15, 0.2) is 0 Å². The van der Waals surface area contributed by atoms with Gasteiger partial charge in [-0.3, -0.25) is 4.79 Å². The van der Waals surface area contributed by atoms with Crippen molar-refractivity contribution in [2.24, 2.45) is 0 Å². The SMILES string of the molecule is CN(C)CCCCNC(=O)c1ccc2n[nH]nc2c1. The van der Waals surface area contributed by atoms with Gasteiger partial charge in [-0.1, -0.05) is 0 Å². The Bertz CT molecular complexity index is 549. The third-order valence-corrected chi connectivity index (χ3v) is 2.90. The summed E-state index contributed by atoms with van der Waals surface area (Å²) in [5.74, 6) is -0.0604. The molecule has 6 nitrogen and oxygen atoms in total. The van der Waals surface area contributed by atoms with E-state index in [0.717, 1.165) is 24.9 Å². The van der Waals surface area contributed by atoms with Crippen LogP contribution in [0.2, 0.25) is 0 Å². The standard InChI is InChI=1S/C13H19N5O/c1-18(2)8-4-3-7-14-13(19)10-5-6-11-12(9-10)16-17-15-11/h5-6,9H,3-4,7-8H2,1-2H3,(H,14,19)(H,15,16,17). The summed E-state index contributed by atoms with van der Waals surface area (Å²) < 4.78 is 0. The maximum atomic E-state index is 11.9. The van der Waals surface area contributed by atoms with Gasteiger partial charge in [0.2, 0.25) is 0 Å². The van der Waals surface area contributed by atoms with Crippen LogP contribution >= 0.6 is 0 Å². The summed E-state index contributed by atoms with van der Waals surface area (Å²) in [5, 5.41) is 13.4. The van der Waals surface area contributed by atoms with Gasteiger partial charge in [0.1, 0.15) is 11.0 Å². The van der Waals surface area contributed by atoms with Crippen molar-refractivity contribution in [2.75, 3.05) is 27.2 Å². The lowest BCUT2D eigenvalue weighted by Gasteiger charge is -2.09. The minimum Gasteiger partial charge on any atom is -0.352 e. The topological polar surface area (TPSA) is 73.9 Å². The molecule has 0 bridgehead atoms. The van der Waals surface area contributed by atoms with Crippen molar-refractivity contribution in [3.8, 4) is 0 Å². The maximum absolute atomic E-state index is 11.9. The zero-order valence-electron chi connectivity index (χ0n) is 11.3. The van der Waals surface area contributed by atoms with Crippen LogP contribution in [0.3, 0.4) is 0 Å². The van der Waals surface area contributed by atoms with E-state index in [1.807, 2.05) is 14.1 Å². The van der Waals surface area contributed by atoms with Gasteiger partial charge < -0.3 is 10.2 Å². The van der Waals surface area contributed by atoms with E-state index in [9.17, 15) is 4.79 Å². The first-order valence-corrected chi connectivity index (χ1v) is 6.40. The second kappa shape index (κ2) is 6.29. The Morgan fingerprint density at radius 2 is 2.05 bits per heavy atom. The molecular weight excluding hydrogens is 242 g/mol. The Balaban J connectivity index is 1.82. The number of carbonyl (C=O) groups is 1. The molecule has 102 valence electrons. The highest BCUT2D eigenvalue weighted by Crippen LogP contribution is 2.10. The van der Waals surface area contributed by atoms with E-state index in [1.165, 1.54) is 0 Å². The van der Waals surface area contributed by atoms with Crippen molar-refractivity contribution in [3.05, 3.63) is 23.8 Å². The molecule has 0 aliphatic heterocycles. The molecule has 0 aliphatic rings. The smallest absolute Gasteiger partial charge is 0.251 e. The summed E-state index contributed by atoms with van der Waals surface area (Å²) in [6, 6.07) is 5.30. The van der Waals surface area contributed by atoms with Gasteiger partial charge >= 0.3 is 0 Å². The highest BCUT2D eigenvalue weighted by atomic mass is 16.1. The first-order chi connectivity index (χ1) is 9.16. The molecule has 1 amide bonds. The van der Waals surface area contributed by atoms with E-state index in [2.05, 4.69) is 25.6 Å². The highest BCUT2D eigenvalue weighted by Gasteiger charge is 2.07. The quantitative estimate of drug-likeness (QED) is 0.762. The monoisotopic (exact) mass is 261 g/mol. The number of fused-ring (bicyclic) bond motifs is 1. The first kappa shape index (κ1) is 13.5. The summed E-state index contributed by atoms with van der Waals surface area (Å²) in [5.41, 5.74) is 2.09. The number of aromatic amines is 1. The van der Waals surface area contributed by atoms with Crippen molar-refractivity contribution in [1.29, 1.82) is 0 Å². The van der Waals surface area contributed by atoms with Crippen LogP contribution in [0.15, 0.2) is 18.2 Å². The number of hydrogen-bond acceptors (Lipinski definition) is 4. The van der Waals surface area contributed by atoms with E-state index in [1.54, 1.807) is 18.2 Å². The van der Waals surface area contributed by atoms with E-state index < -0.39 is 0 Å². The lowest BCUT2D eigenvalue weighted by atomic mass is 10.2. The number of aromatic nitrogens is 3. The molecule has 0 spiro atoms. The van der Waals surface area contributed by atoms with Crippen LogP contribution in [0.4, 0.5) is 0 Å². The summed E-state index contributed by atoms with van der Waals surface area (Å²) in [4.78, 5) is 14.1. The lowest BCUT2D eigenvalue weighted by molar-refractivity contribution is 0.0953. The normalized spacial score (nSPS) is 11.1. The first-order valence-electron chi connectivity index (χ1n) is 6.40. The second-order valence-electron chi connectivity index (χ2n) is 4.79. The molecule has 2 N–H and O–H groups in total. The molecule has 0 saturated heterocycles. The predicted molar refractivity (Wildman–Crippen MR) is 74.0 cm³/mol. The van der Waals surface area contributed by atoms with Gasteiger partial charge in [-0.2, -0.15) is 15.4 Å². The van der Waals surface area contributed by atoms with E-state index >= 15 is 0 Å². The van der Waals surface area contributed by atoms with Crippen molar-refractivity contribution in [1.82, 2.24) is 25.6 Å². The fraction of sp³-hybridized carbons (Fsp3) is 0.462. The van der Waals surface area contributed by atoms with Gasteiger partial charge in [0.25, 0.3) is 5.91 Å². The Hall–Kier alpha value is -1.95. The average Bonchev–Trinajstić information content (AvgIpc) is 2.84. The number of hydrogen-bond donors (Lipinski definition) is 2. The summed E-state index contributed by atoms with van der Waals surface area (Å²) >= 11 is 0. The van der Waals surface area contributed by atoms with Crippen molar-refractivity contribution < 1.29 is 4.79 Å². The molecule has 0 radical (unpaired) electrons. The molecule has 0 saturated carbocycles. The number of nitrogens with zero attached hydrogens (tertiary/aromatic N) is 3. The van der Waals surface area contributed by atoms with Crippen molar-refractivity contribution >= 4 is 16.9 Å². The zero-order chi connectivity index (χ0) is 13.7. The molecule has 19 heavy (non-hydrogen) atoms. The van der Waals surface area contributed by atoms with Gasteiger partial charge in [0, 0.05) is 12.1 Å². The van der Waals surface area contributed by atoms with Gasteiger partial charge in [-0.15, -0.1) is 0 Å². The van der Waals surface area contributed by atoms with Crippen LogP contribution in [0.25, 0.3) is 11.0 Å². The molecule has 1 aromatic carbocycles. The number of unbranched alkanes of at least 4 members (excludes halogenated alkanes) is 1. The fourth-order valence-corrected chi connectivity index (χ4v) is 1.84. The number of rotatable bonds is 6. The van der Waals surface area contributed by atoms with E-state index in [4.69, 9.17) is 0 Å². The number of nitrogens with one attached hydrogen (secondary N) is 2. The third-order valence-electron chi connectivity index (χ3n) is 2.90. The highest BCUT2D eigenvalue weighted by molar-refractivity contribution is 5.97.